The standard InChI is InChI=1S/C19H13N5O/c25-19(24-17-9-8-14-7-4-10-20-18(14)23-17)16-12-21-15(11-22-16)13-5-2-1-3-6-13/h1-12H,(H,20,23,24,25). The summed E-state index contributed by atoms with van der Waals surface area (Å²) < 4.78 is 0. The third kappa shape index (κ3) is 3.18. The predicted octanol–water partition coefficient (Wildman–Crippen LogP) is 3.34. The van der Waals surface area contributed by atoms with Gasteiger partial charge in [0.1, 0.15) is 11.5 Å². The molecule has 1 aromatic carbocycles. The molecule has 4 rings (SSSR count). The maximum absolute atomic E-state index is 12.3. The molecule has 0 spiro atoms. The van der Waals surface area contributed by atoms with Crippen LogP contribution in [0.4, 0.5) is 5.82 Å². The van der Waals surface area contributed by atoms with E-state index in [0.29, 0.717) is 17.2 Å². The largest absolute Gasteiger partial charge is 0.305 e. The Morgan fingerprint density at radius 3 is 2.52 bits per heavy atom. The van der Waals surface area contributed by atoms with Gasteiger partial charge in [-0.25, -0.2) is 15.0 Å². The summed E-state index contributed by atoms with van der Waals surface area (Å²) in [4.78, 5) is 29.3. The molecule has 6 nitrogen and oxygen atoms in total. The minimum Gasteiger partial charge on any atom is -0.305 e. The molecule has 0 unspecified atom stereocenters. The molecule has 120 valence electrons. The van der Waals surface area contributed by atoms with E-state index in [-0.39, 0.29) is 11.6 Å². The molecule has 1 amide bonds. The number of benzene rings is 1. The molecule has 3 aromatic heterocycles. The highest BCUT2D eigenvalue weighted by molar-refractivity contribution is 6.02. The van der Waals surface area contributed by atoms with E-state index in [1.807, 2.05) is 48.5 Å². The third-order valence-corrected chi connectivity index (χ3v) is 3.66. The summed E-state index contributed by atoms with van der Waals surface area (Å²) in [5.74, 6) is 0.0556. The van der Waals surface area contributed by atoms with Gasteiger partial charge in [-0.05, 0) is 24.3 Å². The summed E-state index contributed by atoms with van der Waals surface area (Å²) in [6, 6.07) is 17.0. The van der Waals surface area contributed by atoms with Crippen molar-refractivity contribution in [1.29, 1.82) is 0 Å². The van der Waals surface area contributed by atoms with Crippen LogP contribution in [0.25, 0.3) is 22.3 Å². The number of nitrogens with zero attached hydrogens (tertiary/aromatic N) is 4. The Kier molecular flexibility index (Phi) is 3.84. The number of hydrogen-bond donors (Lipinski definition) is 1. The zero-order valence-electron chi connectivity index (χ0n) is 13.1. The van der Waals surface area contributed by atoms with Gasteiger partial charge in [-0.1, -0.05) is 30.3 Å². The molecule has 0 radical (unpaired) electrons. The predicted molar refractivity (Wildman–Crippen MR) is 95.0 cm³/mol. The van der Waals surface area contributed by atoms with E-state index in [1.54, 1.807) is 18.5 Å². The number of anilines is 1. The van der Waals surface area contributed by atoms with Crippen molar-refractivity contribution < 1.29 is 4.79 Å². The molecule has 0 bridgehead atoms. The molecule has 1 N–H and O–H groups in total. The number of carbonyl (C=O) groups is 1. The van der Waals surface area contributed by atoms with Crippen molar-refractivity contribution in [3.63, 3.8) is 0 Å². The molecule has 4 aromatic rings. The maximum atomic E-state index is 12.3. The van der Waals surface area contributed by atoms with Crippen molar-refractivity contribution >= 4 is 22.8 Å². The number of pyridine rings is 2. The van der Waals surface area contributed by atoms with Crippen LogP contribution in [-0.4, -0.2) is 25.8 Å². The lowest BCUT2D eigenvalue weighted by Gasteiger charge is -2.05. The Morgan fingerprint density at radius 1 is 0.840 bits per heavy atom. The van der Waals surface area contributed by atoms with E-state index in [9.17, 15) is 4.79 Å². The topological polar surface area (TPSA) is 80.7 Å². The van der Waals surface area contributed by atoms with E-state index < -0.39 is 0 Å². The second-order valence-corrected chi connectivity index (χ2v) is 5.35. The smallest absolute Gasteiger partial charge is 0.277 e. The molecule has 0 aliphatic rings. The van der Waals surface area contributed by atoms with Crippen LogP contribution in [0.1, 0.15) is 10.5 Å². The molecule has 3 heterocycles. The highest BCUT2D eigenvalue weighted by atomic mass is 16.1. The Hall–Kier alpha value is -3.67. The van der Waals surface area contributed by atoms with Crippen LogP contribution in [0, 0.1) is 0 Å². The van der Waals surface area contributed by atoms with E-state index in [0.717, 1.165) is 10.9 Å². The first-order chi connectivity index (χ1) is 12.3. The Balaban J connectivity index is 1.54. The summed E-state index contributed by atoms with van der Waals surface area (Å²) >= 11 is 0. The number of amides is 1. The van der Waals surface area contributed by atoms with Crippen molar-refractivity contribution in [2.75, 3.05) is 5.32 Å². The quantitative estimate of drug-likeness (QED) is 0.624. The number of carbonyl (C=O) groups excluding carboxylic acids is 1. The van der Waals surface area contributed by atoms with Gasteiger partial charge in [0.2, 0.25) is 0 Å². The van der Waals surface area contributed by atoms with Crippen LogP contribution in [0.3, 0.4) is 0 Å². The monoisotopic (exact) mass is 327 g/mol. The second kappa shape index (κ2) is 6.45. The highest BCUT2D eigenvalue weighted by Crippen LogP contribution is 2.16. The van der Waals surface area contributed by atoms with Crippen LogP contribution in [0.5, 0.6) is 0 Å². The van der Waals surface area contributed by atoms with E-state index in [2.05, 4.69) is 25.3 Å². The molecule has 25 heavy (non-hydrogen) atoms. The van der Waals surface area contributed by atoms with Gasteiger partial charge >= 0.3 is 0 Å². The Bertz CT molecular complexity index is 1030. The normalized spacial score (nSPS) is 10.6. The van der Waals surface area contributed by atoms with Crippen LogP contribution in [0.15, 0.2) is 73.2 Å². The van der Waals surface area contributed by atoms with E-state index >= 15 is 0 Å². The van der Waals surface area contributed by atoms with Crippen LogP contribution >= 0.6 is 0 Å². The summed E-state index contributed by atoms with van der Waals surface area (Å²) in [7, 11) is 0. The molecule has 0 aliphatic heterocycles. The molecule has 0 saturated carbocycles. The zero-order valence-corrected chi connectivity index (χ0v) is 13.1. The summed E-state index contributed by atoms with van der Waals surface area (Å²) in [6.07, 6.45) is 4.70. The van der Waals surface area contributed by atoms with Gasteiger partial charge in [0.25, 0.3) is 5.91 Å². The number of nitrogens with one attached hydrogen (secondary N) is 1. The Labute approximate surface area is 143 Å². The average molecular weight is 327 g/mol. The lowest BCUT2D eigenvalue weighted by atomic mass is 10.2. The van der Waals surface area contributed by atoms with Gasteiger partial charge in [0.05, 0.1) is 18.1 Å². The molecule has 0 atom stereocenters. The van der Waals surface area contributed by atoms with Crippen LogP contribution in [-0.2, 0) is 0 Å². The van der Waals surface area contributed by atoms with Crippen LogP contribution < -0.4 is 5.32 Å². The van der Waals surface area contributed by atoms with Crippen molar-refractivity contribution in [2.45, 2.75) is 0 Å². The first kappa shape index (κ1) is 14.9. The van der Waals surface area contributed by atoms with Gasteiger partial charge in [-0.3, -0.25) is 9.78 Å². The number of rotatable bonds is 3. The first-order valence-electron chi connectivity index (χ1n) is 7.70. The zero-order chi connectivity index (χ0) is 17.1. The fraction of sp³-hybridized carbons (Fsp3) is 0. The van der Waals surface area contributed by atoms with Crippen molar-refractivity contribution in [3.05, 3.63) is 78.9 Å². The lowest BCUT2D eigenvalue weighted by Crippen LogP contribution is -2.15. The van der Waals surface area contributed by atoms with Crippen molar-refractivity contribution in [2.24, 2.45) is 0 Å². The molecular weight excluding hydrogens is 314 g/mol. The molecule has 0 aliphatic carbocycles. The van der Waals surface area contributed by atoms with Crippen molar-refractivity contribution in [3.8, 4) is 11.3 Å². The maximum Gasteiger partial charge on any atom is 0.277 e. The number of aromatic nitrogens is 4. The minimum absolute atomic E-state index is 0.225. The minimum atomic E-state index is -0.366. The molecular formula is C19H13N5O. The molecule has 0 fully saturated rings. The number of hydrogen-bond acceptors (Lipinski definition) is 5. The Morgan fingerprint density at radius 2 is 1.72 bits per heavy atom. The van der Waals surface area contributed by atoms with Gasteiger partial charge in [0.15, 0.2) is 5.65 Å². The van der Waals surface area contributed by atoms with Crippen LogP contribution in [0.2, 0.25) is 0 Å². The number of fused-ring (bicyclic) bond motifs is 1. The summed E-state index contributed by atoms with van der Waals surface area (Å²) in [5, 5.41) is 3.63. The fourth-order valence-electron chi connectivity index (χ4n) is 2.41. The molecule has 6 heteroatoms. The molecule has 0 saturated heterocycles. The van der Waals surface area contributed by atoms with Gasteiger partial charge in [-0.15, -0.1) is 0 Å². The fourth-order valence-corrected chi connectivity index (χ4v) is 2.41. The van der Waals surface area contributed by atoms with Gasteiger partial charge < -0.3 is 5.32 Å². The lowest BCUT2D eigenvalue weighted by molar-refractivity contribution is 0.102. The van der Waals surface area contributed by atoms with E-state index in [1.165, 1.54) is 6.20 Å². The summed E-state index contributed by atoms with van der Waals surface area (Å²) in [5.41, 5.74) is 2.46. The first-order valence-corrected chi connectivity index (χ1v) is 7.70. The third-order valence-electron chi connectivity index (χ3n) is 3.66. The van der Waals surface area contributed by atoms with Crippen molar-refractivity contribution in [1.82, 2.24) is 19.9 Å². The van der Waals surface area contributed by atoms with Gasteiger partial charge in [0, 0.05) is 17.1 Å². The second-order valence-electron chi connectivity index (χ2n) is 5.35. The highest BCUT2D eigenvalue weighted by Gasteiger charge is 2.10. The SMILES string of the molecule is O=C(Nc1ccc2cccnc2n1)c1cnc(-c2ccccc2)cn1. The average Bonchev–Trinajstić information content (AvgIpc) is 2.69. The van der Waals surface area contributed by atoms with E-state index in [4.69, 9.17) is 0 Å². The summed E-state index contributed by atoms with van der Waals surface area (Å²) in [6.45, 7) is 0. The van der Waals surface area contributed by atoms with Gasteiger partial charge in [-0.2, -0.15) is 0 Å².